The van der Waals surface area contributed by atoms with Crippen LogP contribution in [0.25, 0.3) is 0 Å². The van der Waals surface area contributed by atoms with Crippen LogP contribution in [0, 0.1) is 0 Å². The van der Waals surface area contributed by atoms with E-state index < -0.39 is 10.2 Å². The van der Waals surface area contributed by atoms with Gasteiger partial charge in [-0.05, 0) is 26.7 Å². The first kappa shape index (κ1) is 19.5. The van der Waals surface area contributed by atoms with Crippen LogP contribution in [-0.2, 0) is 19.7 Å². The number of ether oxygens (including phenoxy) is 2. The van der Waals surface area contributed by atoms with Crippen LogP contribution in [0.15, 0.2) is 0 Å². The fraction of sp³-hybridized carbons (Fsp3) is 1.00. The Bertz CT molecular complexity index is 520. The van der Waals surface area contributed by atoms with Gasteiger partial charge in [0.1, 0.15) is 0 Å². The summed E-state index contributed by atoms with van der Waals surface area (Å²) in [6.45, 7) is 8.47. The molecule has 7 nitrogen and oxygen atoms in total. The molecule has 2 heterocycles. The summed E-state index contributed by atoms with van der Waals surface area (Å²) in [7, 11) is -3.48. The average molecular weight is 376 g/mol. The summed E-state index contributed by atoms with van der Waals surface area (Å²) in [4.78, 5) is 2.46. The van der Waals surface area contributed by atoms with Gasteiger partial charge in [-0.3, -0.25) is 4.90 Å². The molecule has 1 saturated carbocycles. The standard InChI is InChI=1S/C17H33N3O4S/c1-15-12-20(13-16(2)24-15)25(21,22)18-14-17(6-4-3-5-7-17)19-8-10-23-11-9-19/h15-16,18H,3-14H2,1-2H3/t15-,16-/m1/s1. The first-order valence-corrected chi connectivity index (χ1v) is 11.1. The zero-order valence-electron chi connectivity index (χ0n) is 15.6. The van der Waals surface area contributed by atoms with E-state index >= 15 is 0 Å². The summed E-state index contributed by atoms with van der Waals surface area (Å²) in [5.74, 6) is 0. The highest BCUT2D eigenvalue weighted by Crippen LogP contribution is 2.34. The summed E-state index contributed by atoms with van der Waals surface area (Å²) < 4.78 is 41.4. The van der Waals surface area contributed by atoms with Crippen LogP contribution in [0.5, 0.6) is 0 Å². The SMILES string of the molecule is C[C@@H]1CN(S(=O)(=O)NCC2(N3CCOCC3)CCCCC2)C[C@@H](C)O1. The van der Waals surface area contributed by atoms with Crippen molar-refractivity contribution in [3.63, 3.8) is 0 Å². The molecule has 25 heavy (non-hydrogen) atoms. The molecule has 2 aliphatic heterocycles. The van der Waals surface area contributed by atoms with Gasteiger partial charge in [0, 0.05) is 38.3 Å². The van der Waals surface area contributed by atoms with Crippen molar-refractivity contribution in [2.75, 3.05) is 45.9 Å². The maximum absolute atomic E-state index is 12.9. The zero-order chi connectivity index (χ0) is 17.9. The molecule has 3 rings (SSSR count). The van der Waals surface area contributed by atoms with Gasteiger partial charge in [0.2, 0.25) is 0 Å². The number of nitrogens with one attached hydrogen (secondary N) is 1. The van der Waals surface area contributed by atoms with Crippen molar-refractivity contribution in [1.29, 1.82) is 0 Å². The number of hydrogen-bond acceptors (Lipinski definition) is 5. The number of morpholine rings is 2. The highest BCUT2D eigenvalue weighted by Gasteiger charge is 2.40. The molecule has 1 aliphatic carbocycles. The zero-order valence-corrected chi connectivity index (χ0v) is 16.4. The van der Waals surface area contributed by atoms with Crippen LogP contribution in [0.1, 0.15) is 46.0 Å². The third-order valence-corrected chi connectivity index (χ3v) is 7.26. The molecule has 8 heteroatoms. The van der Waals surface area contributed by atoms with Gasteiger partial charge in [0.05, 0.1) is 25.4 Å². The quantitative estimate of drug-likeness (QED) is 0.775. The lowest BCUT2D eigenvalue weighted by Crippen LogP contribution is -2.61. The van der Waals surface area contributed by atoms with Crippen molar-refractivity contribution in [2.24, 2.45) is 0 Å². The Balaban J connectivity index is 1.67. The predicted molar refractivity (Wildman–Crippen MR) is 96.7 cm³/mol. The van der Waals surface area contributed by atoms with Gasteiger partial charge in [-0.15, -0.1) is 0 Å². The Morgan fingerprint density at radius 1 is 1.04 bits per heavy atom. The fourth-order valence-corrected chi connectivity index (χ4v) is 5.94. The molecule has 0 unspecified atom stereocenters. The van der Waals surface area contributed by atoms with Crippen LogP contribution in [-0.4, -0.2) is 81.3 Å². The maximum atomic E-state index is 12.9. The fourth-order valence-electron chi connectivity index (χ4n) is 4.50. The Labute approximate surface area is 152 Å². The van der Waals surface area contributed by atoms with Gasteiger partial charge in [-0.1, -0.05) is 19.3 Å². The first-order chi connectivity index (χ1) is 11.9. The van der Waals surface area contributed by atoms with E-state index in [0.717, 1.165) is 39.1 Å². The van der Waals surface area contributed by atoms with E-state index in [2.05, 4.69) is 9.62 Å². The van der Waals surface area contributed by atoms with E-state index in [1.54, 1.807) is 4.31 Å². The predicted octanol–water partition coefficient (Wildman–Crippen LogP) is 0.965. The lowest BCUT2D eigenvalue weighted by atomic mass is 9.80. The number of rotatable bonds is 5. The highest BCUT2D eigenvalue weighted by molar-refractivity contribution is 7.87. The van der Waals surface area contributed by atoms with Crippen LogP contribution in [0.2, 0.25) is 0 Å². The van der Waals surface area contributed by atoms with Crippen molar-refractivity contribution < 1.29 is 17.9 Å². The second-order valence-electron chi connectivity index (χ2n) is 7.78. The first-order valence-electron chi connectivity index (χ1n) is 9.64. The molecular weight excluding hydrogens is 342 g/mol. The van der Waals surface area contributed by atoms with Crippen LogP contribution in [0.4, 0.5) is 0 Å². The maximum Gasteiger partial charge on any atom is 0.279 e. The molecule has 1 N–H and O–H groups in total. The second kappa shape index (κ2) is 8.19. The summed E-state index contributed by atoms with van der Waals surface area (Å²) in [6.07, 6.45) is 5.58. The molecule has 3 fully saturated rings. The van der Waals surface area contributed by atoms with Gasteiger partial charge in [-0.2, -0.15) is 12.7 Å². The monoisotopic (exact) mass is 375 g/mol. The third kappa shape index (κ3) is 4.73. The Morgan fingerprint density at radius 3 is 2.24 bits per heavy atom. The van der Waals surface area contributed by atoms with Gasteiger partial charge in [-0.25, -0.2) is 4.72 Å². The summed E-state index contributed by atoms with van der Waals surface area (Å²) in [6, 6.07) is 0. The van der Waals surface area contributed by atoms with Gasteiger partial charge in [0.15, 0.2) is 0 Å². The minimum absolute atomic E-state index is 0.0569. The Kier molecular flexibility index (Phi) is 6.39. The van der Waals surface area contributed by atoms with E-state index in [1.165, 1.54) is 19.3 Å². The molecule has 146 valence electrons. The average Bonchev–Trinajstić information content (AvgIpc) is 2.61. The summed E-state index contributed by atoms with van der Waals surface area (Å²) in [5, 5.41) is 0. The van der Waals surface area contributed by atoms with Crippen LogP contribution < -0.4 is 4.72 Å². The Hall–Kier alpha value is -0.250. The number of nitrogens with zero attached hydrogens (tertiary/aromatic N) is 2. The lowest BCUT2D eigenvalue weighted by molar-refractivity contribution is -0.0455. The second-order valence-corrected chi connectivity index (χ2v) is 9.54. The third-order valence-electron chi connectivity index (χ3n) is 5.78. The van der Waals surface area contributed by atoms with Gasteiger partial charge < -0.3 is 9.47 Å². The lowest BCUT2D eigenvalue weighted by Gasteiger charge is -2.48. The van der Waals surface area contributed by atoms with Crippen molar-refractivity contribution in [1.82, 2.24) is 13.9 Å². The van der Waals surface area contributed by atoms with Crippen LogP contribution in [0.3, 0.4) is 0 Å². The number of hydrogen-bond donors (Lipinski definition) is 1. The summed E-state index contributed by atoms with van der Waals surface area (Å²) >= 11 is 0. The molecule has 0 aromatic heterocycles. The molecule has 2 saturated heterocycles. The van der Waals surface area contributed by atoms with Crippen molar-refractivity contribution in [2.45, 2.75) is 63.7 Å². The topological polar surface area (TPSA) is 71.1 Å². The summed E-state index contributed by atoms with van der Waals surface area (Å²) in [5.41, 5.74) is -0.0569. The van der Waals surface area contributed by atoms with E-state index in [9.17, 15) is 8.42 Å². The van der Waals surface area contributed by atoms with Crippen molar-refractivity contribution in [3.8, 4) is 0 Å². The molecule has 0 aromatic carbocycles. The van der Waals surface area contributed by atoms with Crippen molar-refractivity contribution >= 4 is 10.2 Å². The van der Waals surface area contributed by atoms with E-state index in [4.69, 9.17) is 9.47 Å². The van der Waals surface area contributed by atoms with Crippen LogP contribution >= 0.6 is 0 Å². The normalized spacial score (nSPS) is 32.6. The van der Waals surface area contributed by atoms with Crippen molar-refractivity contribution in [3.05, 3.63) is 0 Å². The molecule has 0 bridgehead atoms. The van der Waals surface area contributed by atoms with E-state index in [0.29, 0.717) is 19.6 Å². The Morgan fingerprint density at radius 2 is 1.64 bits per heavy atom. The van der Waals surface area contributed by atoms with Gasteiger partial charge >= 0.3 is 0 Å². The smallest absolute Gasteiger partial charge is 0.279 e. The molecule has 0 spiro atoms. The minimum atomic E-state index is -3.48. The van der Waals surface area contributed by atoms with E-state index in [1.807, 2.05) is 13.8 Å². The molecule has 0 aromatic rings. The molecule has 3 aliphatic rings. The minimum Gasteiger partial charge on any atom is -0.379 e. The van der Waals surface area contributed by atoms with E-state index in [-0.39, 0.29) is 17.7 Å². The largest absolute Gasteiger partial charge is 0.379 e. The van der Waals surface area contributed by atoms with Gasteiger partial charge in [0.25, 0.3) is 10.2 Å². The molecule has 2 atom stereocenters. The highest BCUT2D eigenvalue weighted by atomic mass is 32.2. The molecular formula is C17H33N3O4S. The molecule has 0 radical (unpaired) electrons. The molecule has 0 amide bonds.